The number of nitrogens with one attached hydrogen (secondary N) is 1. The number of hydrogen-bond donors (Lipinski definition) is 1. The van der Waals surface area contributed by atoms with Gasteiger partial charge in [0.05, 0.1) is 0 Å². The second-order valence-electron chi connectivity index (χ2n) is 7.34. The number of urea groups is 1. The molecule has 0 unspecified atom stereocenters. The van der Waals surface area contributed by atoms with E-state index in [2.05, 4.69) is 5.32 Å². The van der Waals surface area contributed by atoms with Crippen LogP contribution in [0.5, 0.6) is 5.75 Å². The lowest BCUT2D eigenvalue weighted by Crippen LogP contribution is -2.52. The van der Waals surface area contributed by atoms with Gasteiger partial charge in [0.1, 0.15) is 18.8 Å². The van der Waals surface area contributed by atoms with Gasteiger partial charge in [-0.2, -0.15) is 13.2 Å². The summed E-state index contributed by atoms with van der Waals surface area (Å²) in [7, 11) is 0. The quantitative estimate of drug-likeness (QED) is 0.766. The fourth-order valence-electron chi connectivity index (χ4n) is 3.24. The number of halogens is 3. The summed E-state index contributed by atoms with van der Waals surface area (Å²) in [4.78, 5) is 26.8. The van der Waals surface area contributed by atoms with E-state index in [1.807, 2.05) is 43.3 Å². The van der Waals surface area contributed by atoms with Gasteiger partial charge in [0, 0.05) is 31.9 Å². The number of ether oxygens (including phenoxy) is 1. The zero-order valence-electron chi connectivity index (χ0n) is 17.1. The molecule has 9 heteroatoms. The Morgan fingerprint density at radius 1 is 1.00 bits per heavy atom. The van der Waals surface area contributed by atoms with Crippen LogP contribution in [0.15, 0.2) is 48.5 Å². The Morgan fingerprint density at radius 3 is 2.26 bits per heavy atom. The minimum absolute atomic E-state index is 0.0770. The lowest BCUT2D eigenvalue weighted by molar-refractivity contribution is -0.162. The van der Waals surface area contributed by atoms with E-state index in [9.17, 15) is 22.8 Å². The van der Waals surface area contributed by atoms with Crippen molar-refractivity contribution in [1.29, 1.82) is 0 Å². The molecule has 0 spiro atoms. The van der Waals surface area contributed by atoms with E-state index in [0.29, 0.717) is 18.0 Å². The molecule has 1 aliphatic rings. The van der Waals surface area contributed by atoms with Crippen LogP contribution in [0.3, 0.4) is 0 Å². The van der Waals surface area contributed by atoms with E-state index in [0.717, 1.165) is 16.0 Å². The molecule has 0 radical (unpaired) electrons. The Hall–Kier alpha value is -3.23. The minimum Gasteiger partial charge on any atom is -0.489 e. The Morgan fingerprint density at radius 2 is 1.65 bits per heavy atom. The maximum atomic E-state index is 12.5. The summed E-state index contributed by atoms with van der Waals surface area (Å²) < 4.78 is 42.9. The van der Waals surface area contributed by atoms with Crippen LogP contribution in [0, 0.1) is 6.92 Å². The molecule has 0 aromatic heterocycles. The Labute approximate surface area is 178 Å². The van der Waals surface area contributed by atoms with Gasteiger partial charge in [-0.25, -0.2) is 4.79 Å². The molecule has 0 bridgehead atoms. The zero-order chi connectivity index (χ0) is 22.4. The normalized spacial score (nSPS) is 14.3. The van der Waals surface area contributed by atoms with Gasteiger partial charge < -0.3 is 19.9 Å². The molecule has 1 heterocycles. The summed E-state index contributed by atoms with van der Waals surface area (Å²) in [6, 6.07) is 14.7. The van der Waals surface area contributed by atoms with Crippen molar-refractivity contribution in [3.8, 4) is 5.75 Å². The summed E-state index contributed by atoms with van der Waals surface area (Å²) in [5.41, 5.74) is 2.48. The van der Waals surface area contributed by atoms with E-state index in [-0.39, 0.29) is 32.2 Å². The monoisotopic (exact) mass is 435 g/mol. The highest BCUT2D eigenvalue weighted by molar-refractivity contribution is 5.90. The Kier molecular flexibility index (Phi) is 7.04. The van der Waals surface area contributed by atoms with Gasteiger partial charge in [-0.3, -0.25) is 4.79 Å². The summed E-state index contributed by atoms with van der Waals surface area (Å²) >= 11 is 0. The molecule has 3 rings (SSSR count). The molecule has 3 amide bonds. The number of carbonyl (C=O) groups is 2. The van der Waals surface area contributed by atoms with Gasteiger partial charge in [0.15, 0.2) is 0 Å². The lowest BCUT2D eigenvalue weighted by Gasteiger charge is -2.35. The first-order valence-corrected chi connectivity index (χ1v) is 9.89. The number of benzene rings is 2. The molecule has 0 saturated carbocycles. The second kappa shape index (κ2) is 9.72. The smallest absolute Gasteiger partial charge is 0.397 e. The molecular formula is C22H24F3N3O3. The minimum atomic E-state index is -4.53. The molecule has 0 aliphatic carbocycles. The highest BCUT2D eigenvalue weighted by Crippen LogP contribution is 2.23. The third-order valence-corrected chi connectivity index (χ3v) is 4.96. The molecule has 0 atom stereocenters. The number of rotatable bonds is 5. The van der Waals surface area contributed by atoms with E-state index in [1.165, 1.54) is 4.90 Å². The molecule has 1 N–H and O–H groups in total. The van der Waals surface area contributed by atoms with Crippen LogP contribution in [0.25, 0.3) is 0 Å². The highest BCUT2D eigenvalue weighted by atomic mass is 19.4. The predicted molar refractivity (Wildman–Crippen MR) is 110 cm³/mol. The second-order valence-corrected chi connectivity index (χ2v) is 7.34. The summed E-state index contributed by atoms with van der Waals surface area (Å²) in [5.74, 6) is -0.286. The van der Waals surface area contributed by atoms with E-state index >= 15 is 0 Å². The van der Waals surface area contributed by atoms with Crippen molar-refractivity contribution in [1.82, 2.24) is 9.80 Å². The molecule has 1 fully saturated rings. The molecule has 31 heavy (non-hydrogen) atoms. The van der Waals surface area contributed by atoms with Crippen LogP contribution in [0.2, 0.25) is 0 Å². The Bertz CT molecular complexity index is 911. The van der Waals surface area contributed by atoms with Crippen molar-refractivity contribution < 1.29 is 27.5 Å². The number of amides is 3. The first-order chi connectivity index (χ1) is 14.7. The largest absolute Gasteiger partial charge is 0.489 e. The molecular weight excluding hydrogens is 411 g/mol. The lowest BCUT2D eigenvalue weighted by atomic mass is 10.2. The fourth-order valence-corrected chi connectivity index (χ4v) is 3.24. The molecule has 2 aromatic rings. The fraction of sp³-hybridized carbons (Fsp3) is 0.364. The van der Waals surface area contributed by atoms with Crippen LogP contribution in [-0.4, -0.2) is 54.1 Å². The molecule has 2 aromatic carbocycles. The number of aryl methyl sites for hydroxylation is 1. The van der Waals surface area contributed by atoms with Gasteiger partial charge in [-0.15, -0.1) is 0 Å². The number of piperazine rings is 1. The van der Waals surface area contributed by atoms with Crippen molar-refractivity contribution in [2.45, 2.75) is 26.1 Å². The van der Waals surface area contributed by atoms with Crippen LogP contribution in [0.4, 0.5) is 23.7 Å². The van der Waals surface area contributed by atoms with Gasteiger partial charge in [0.25, 0.3) is 0 Å². The van der Waals surface area contributed by atoms with Crippen LogP contribution >= 0.6 is 0 Å². The van der Waals surface area contributed by atoms with E-state index < -0.39 is 18.5 Å². The predicted octanol–water partition coefficient (Wildman–Crippen LogP) is 4.20. The molecule has 166 valence electrons. The third kappa shape index (κ3) is 6.63. The first-order valence-electron chi connectivity index (χ1n) is 9.89. The number of anilines is 1. The van der Waals surface area contributed by atoms with Crippen molar-refractivity contribution in [2.75, 3.05) is 31.5 Å². The molecule has 1 saturated heterocycles. The molecule has 6 nitrogen and oxygen atoms in total. The maximum absolute atomic E-state index is 12.5. The average molecular weight is 435 g/mol. The van der Waals surface area contributed by atoms with Crippen molar-refractivity contribution >= 4 is 17.6 Å². The third-order valence-electron chi connectivity index (χ3n) is 4.96. The Balaban J connectivity index is 1.50. The SMILES string of the molecule is Cc1cc(OCc2ccccc2)ccc1NC(=O)N1CCN(C(=O)CC(F)(F)F)CC1. The van der Waals surface area contributed by atoms with Crippen LogP contribution in [-0.2, 0) is 11.4 Å². The number of carbonyl (C=O) groups excluding carboxylic acids is 2. The number of nitrogens with zero attached hydrogens (tertiary/aromatic N) is 2. The van der Waals surface area contributed by atoms with E-state index in [1.54, 1.807) is 12.1 Å². The number of hydrogen-bond acceptors (Lipinski definition) is 3. The van der Waals surface area contributed by atoms with Crippen LogP contribution in [0.1, 0.15) is 17.5 Å². The summed E-state index contributed by atoms with van der Waals surface area (Å²) in [6.07, 6.45) is -6.00. The number of alkyl halides is 3. The van der Waals surface area contributed by atoms with E-state index in [4.69, 9.17) is 4.74 Å². The summed E-state index contributed by atoms with van der Waals surface area (Å²) in [5, 5.41) is 2.81. The van der Waals surface area contributed by atoms with Gasteiger partial charge in [-0.1, -0.05) is 30.3 Å². The zero-order valence-corrected chi connectivity index (χ0v) is 17.1. The van der Waals surface area contributed by atoms with Crippen molar-refractivity contribution in [2.24, 2.45) is 0 Å². The summed E-state index contributed by atoms with van der Waals surface area (Å²) in [6.45, 7) is 2.78. The van der Waals surface area contributed by atoms with Gasteiger partial charge >= 0.3 is 12.2 Å². The van der Waals surface area contributed by atoms with Gasteiger partial charge in [-0.05, 0) is 36.2 Å². The molecule has 1 aliphatic heterocycles. The van der Waals surface area contributed by atoms with Gasteiger partial charge in [0.2, 0.25) is 5.91 Å². The average Bonchev–Trinajstić information content (AvgIpc) is 2.73. The standard InChI is InChI=1S/C22H24F3N3O3/c1-16-13-18(31-15-17-5-3-2-4-6-17)7-8-19(16)26-21(30)28-11-9-27(10-12-28)20(29)14-22(23,24)25/h2-8,13H,9-12,14-15H2,1H3,(H,26,30). The highest BCUT2D eigenvalue weighted by Gasteiger charge is 2.34. The maximum Gasteiger partial charge on any atom is 0.397 e. The van der Waals surface area contributed by atoms with Crippen LogP contribution < -0.4 is 10.1 Å². The topological polar surface area (TPSA) is 61.9 Å². The first kappa shape index (κ1) is 22.5. The van der Waals surface area contributed by atoms with Crippen molar-refractivity contribution in [3.63, 3.8) is 0 Å². The van der Waals surface area contributed by atoms with Crippen molar-refractivity contribution in [3.05, 3.63) is 59.7 Å².